The van der Waals surface area contributed by atoms with Gasteiger partial charge in [-0.15, -0.1) is 0 Å². The summed E-state index contributed by atoms with van der Waals surface area (Å²) in [5.74, 6) is -2.99. The van der Waals surface area contributed by atoms with Crippen LogP contribution in [0.4, 0.5) is 13.2 Å². The molecule has 2 atom stereocenters. The molecule has 1 amide bonds. The van der Waals surface area contributed by atoms with Gasteiger partial charge in [-0.3, -0.25) is 4.79 Å². The largest absolute Gasteiger partial charge is 0.393 e. The van der Waals surface area contributed by atoms with Crippen molar-refractivity contribution in [2.75, 3.05) is 40.3 Å². The van der Waals surface area contributed by atoms with Crippen LogP contribution in [0.15, 0.2) is 0 Å². The number of alkyl halides is 3. The Balaban J connectivity index is 2.61. The molecule has 1 heterocycles. The lowest BCUT2D eigenvalue weighted by Gasteiger charge is -2.25. The standard InChI is InChI=1S/C10H18F3N3O/c1-14-3-4-16(2)9(17)7-5-15-6-8(7)10(11,12)13/h7-8,14-15H,3-6H2,1-2H3/t7-,8-/m1/s1. The van der Waals surface area contributed by atoms with Gasteiger partial charge in [0.2, 0.25) is 5.91 Å². The highest BCUT2D eigenvalue weighted by molar-refractivity contribution is 5.79. The van der Waals surface area contributed by atoms with Crippen LogP contribution >= 0.6 is 0 Å². The first-order chi connectivity index (χ1) is 7.88. The monoisotopic (exact) mass is 253 g/mol. The number of amides is 1. The molecule has 0 unspecified atom stereocenters. The molecule has 7 heteroatoms. The van der Waals surface area contributed by atoms with Crippen molar-refractivity contribution in [3.8, 4) is 0 Å². The van der Waals surface area contributed by atoms with Crippen LogP contribution in [-0.2, 0) is 4.79 Å². The van der Waals surface area contributed by atoms with Gasteiger partial charge in [0.25, 0.3) is 0 Å². The van der Waals surface area contributed by atoms with Crippen LogP contribution in [0.3, 0.4) is 0 Å². The molecule has 0 spiro atoms. The van der Waals surface area contributed by atoms with Crippen LogP contribution in [0, 0.1) is 11.8 Å². The number of hydrogen-bond donors (Lipinski definition) is 2. The molecule has 0 radical (unpaired) electrons. The molecule has 2 N–H and O–H groups in total. The van der Waals surface area contributed by atoms with Crippen molar-refractivity contribution in [3.05, 3.63) is 0 Å². The minimum absolute atomic E-state index is 0.104. The maximum atomic E-state index is 12.7. The third-order valence-corrected chi connectivity index (χ3v) is 3.03. The molecule has 100 valence electrons. The highest BCUT2D eigenvalue weighted by Gasteiger charge is 2.50. The molecule has 1 aliphatic rings. The van der Waals surface area contributed by atoms with Crippen molar-refractivity contribution >= 4 is 5.91 Å². The second-order valence-corrected chi connectivity index (χ2v) is 4.28. The van der Waals surface area contributed by atoms with Crippen molar-refractivity contribution in [1.82, 2.24) is 15.5 Å². The van der Waals surface area contributed by atoms with Gasteiger partial charge in [0.05, 0.1) is 11.8 Å². The number of carbonyl (C=O) groups is 1. The van der Waals surface area contributed by atoms with Gasteiger partial charge < -0.3 is 15.5 Å². The maximum Gasteiger partial charge on any atom is 0.393 e. The SMILES string of the molecule is CNCCN(C)C(=O)[C@@H]1CNC[C@H]1C(F)(F)F. The molecular formula is C10H18F3N3O. The number of halogens is 3. The van der Waals surface area contributed by atoms with Crippen molar-refractivity contribution in [2.45, 2.75) is 6.18 Å². The van der Waals surface area contributed by atoms with E-state index in [2.05, 4.69) is 10.6 Å². The predicted molar refractivity (Wildman–Crippen MR) is 57.5 cm³/mol. The predicted octanol–water partition coefficient (Wildman–Crippen LogP) is 0.0621. The summed E-state index contributed by atoms with van der Waals surface area (Å²) in [6.45, 7) is 0.919. The molecular weight excluding hydrogens is 235 g/mol. The minimum Gasteiger partial charge on any atom is -0.344 e. The molecule has 1 aliphatic heterocycles. The van der Waals surface area contributed by atoms with Gasteiger partial charge in [-0.25, -0.2) is 0 Å². The summed E-state index contributed by atoms with van der Waals surface area (Å²) in [6.07, 6.45) is -4.31. The van der Waals surface area contributed by atoms with Crippen molar-refractivity contribution in [1.29, 1.82) is 0 Å². The van der Waals surface area contributed by atoms with Gasteiger partial charge in [0.15, 0.2) is 0 Å². The van der Waals surface area contributed by atoms with Gasteiger partial charge >= 0.3 is 6.18 Å². The molecule has 17 heavy (non-hydrogen) atoms. The molecule has 4 nitrogen and oxygen atoms in total. The number of carbonyl (C=O) groups excluding carboxylic acids is 1. The Labute approximate surface area is 98.5 Å². The van der Waals surface area contributed by atoms with E-state index < -0.39 is 23.9 Å². The Morgan fingerprint density at radius 2 is 2.12 bits per heavy atom. The number of nitrogens with one attached hydrogen (secondary N) is 2. The Kier molecular flexibility index (Phi) is 4.76. The first-order valence-electron chi connectivity index (χ1n) is 5.55. The van der Waals surface area contributed by atoms with Gasteiger partial charge in [0, 0.05) is 33.2 Å². The van der Waals surface area contributed by atoms with E-state index in [-0.39, 0.29) is 13.1 Å². The molecule has 0 bridgehead atoms. The summed E-state index contributed by atoms with van der Waals surface area (Å²) in [5.41, 5.74) is 0. The molecule has 0 aliphatic carbocycles. The molecule has 1 fully saturated rings. The smallest absolute Gasteiger partial charge is 0.344 e. The van der Waals surface area contributed by atoms with Gasteiger partial charge in [0.1, 0.15) is 0 Å². The molecule has 0 aromatic carbocycles. The number of hydrogen-bond acceptors (Lipinski definition) is 3. The fourth-order valence-corrected chi connectivity index (χ4v) is 1.95. The normalized spacial score (nSPS) is 25.0. The average molecular weight is 253 g/mol. The third kappa shape index (κ3) is 3.57. The van der Waals surface area contributed by atoms with Crippen LogP contribution in [-0.4, -0.2) is 57.3 Å². The van der Waals surface area contributed by atoms with Crippen LogP contribution in [0.25, 0.3) is 0 Å². The molecule has 0 aromatic rings. The molecule has 1 saturated heterocycles. The highest BCUT2D eigenvalue weighted by atomic mass is 19.4. The molecule has 0 saturated carbocycles. The second-order valence-electron chi connectivity index (χ2n) is 4.28. The van der Waals surface area contributed by atoms with Gasteiger partial charge in [-0.2, -0.15) is 13.2 Å². The van der Waals surface area contributed by atoms with Gasteiger partial charge in [-0.1, -0.05) is 0 Å². The van der Waals surface area contributed by atoms with Gasteiger partial charge in [-0.05, 0) is 7.05 Å². The van der Waals surface area contributed by atoms with Crippen LogP contribution in [0.5, 0.6) is 0 Å². The summed E-state index contributed by atoms with van der Waals surface area (Å²) in [7, 11) is 3.26. The van der Waals surface area contributed by atoms with Crippen LogP contribution in [0.1, 0.15) is 0 Å². The molecule has 0 aromatic heterocycles. The zero-order valence-corrected chi connectivity index (χ0v) is 9.97. The third-order valence-electron chi connectivity index (χ3n) is 3.03. The molecule has 1 rings (SSSR count). The first-order valence-corrected chi connectivity index (χ1v) is 5.55. The van der Waals surface area contributed by atoms with E-state index in [4.69, 9.17) is 0 Å². The number of rotatable bonds is 4. The quantitative estimate of drug-likeness (QED) is 0.745. The van der Waals surface area contributed by atoms with Crippen LogP contribution in [0.2, 0.25) is 0 Å². The maximum absolute atomic E-state index is 12.7. The summed E-state index contributed by atoms with van der Waals surface area (Å²) in [6, 6.07) is 0. The Morgan fingerprint density at radius 1 is 1.47 bits per heavy atom. The van der Waals surface area contributed by atoms with Crippen molar-refractivity contribution in [2.24, 2.45) is 11.8 Å². The van der Waals surface area contributed by atoms with E-state index in [1.54, 1.807) is 7.05 Å². The van der Waals surface area contributed by atoms with E-state index >= 15 is 0 Å². The van der Waals surface area contributed by atoms with E-state index in [1.807, 2.05) is 0 Å². The summed E-state index contributed by atoms with van der Waals surface area (Å²) < 4.78 is 38.0. The van der Waals surface area contributed by atoms with Crippen LogP contribution < -0.4 is 10.6 Å². The highest BCUT2D eigenvalue weighted by Crippen LogP contribution is 2.35. The minimum atomic E-state index is -4.31. The fraction of sp³-hybridized carbons (Fsp3) is 0.900. The van der Waals surface area contributed by atoms with E-state index in [1.165, 1.54) is 11.9 Å². The Hall–Kier alpha value is -0.820. The zero-order valence-electron chi connectivity index (χ0n) is 9.97. The zero-order chi connectivity index (χ0) is 13.1. The lowest BCUT2D eigenvalue weighted by atomic mass is 9.94. The van der Waals surface area contributed by atoms with E-state index in [0.29, 0.717) is 13.1 Å². The lowest BCUT2D eigenvalue weighted by Crippen LogP contribution is -2.42. The summed E-state index contributed by atoms with van der Waals surface area (Å²) >= 11 is 0. The van der Waals surface area contributed by atoms with Crippen molar-refractivity contribution in [3.63, 3.8) is 0 Å². The Bertz CT molecular complexity index is 270. The average Bonchev–Trinajstić information content (AvgIpc) is 2.73. The first kappa shape index (κ1) is 14.2. The topological polar surface area (TPSA) is 44.4 Å². The van der Waals surface area contributed by atoms with E-state index in [0.717, 1.165) is 0 Å². The number of nitrogens with zero attached hydrogens (tertiary/aromatic N) is 1. The number of likely N-dealkylation sites (N-methyl/N-ethyl adjacent to an activating group) is 2. The fourth-order valence-electron chi connectivity index (χ4n) is 1.95. The summed E-state index contributed by atoms with van der Waals surface area (Å²) in [5, 5.41) is 5.49. The second kappa shape index (κ2) is 5.68. The Morgan fingerprint density at radius 3 is 2.65 bits per heavy atom. The lowest BCUT2D eigenvalue weighted by molar-refractivity contribution is -0.184. The van der Waals surface area contributed by atoms with Crippen molar-refractivity contribution < 1.29 is 18.0 Å². The summed E-state index contributed by atoms with van der Waals surface area (Å²) in [4.78, 5) is 13.2. The van der Waals surface area contributed by atoms with E-state index in [9.17, 15) is 18.0 Å².